The molecule has 0 saturated carbocycles. The highest BCUT2D eigenvalue weighted by Gasteiger charge is 2.22. The summed E-state index contributed by atoms with van der Waals surface area (Å²) >= 11 is 3.02. The number of hydrogen-bond acceptors (Lipinski definition) is 4. The summed E-state index contributed by atoms with van der Waals surface area (Å²) < 4.78 is 28.1. The number of alkyl halides is 2. The SMILES string of the molecule is Cc1c(Br)c(C(F)F)nn1CC(=O)Nc1cnn(C)c1C(N)=O. The minimum atomic E-state index is -2.76. The van der Waals surface area contributed by atoms with Crippen molar-refractivity contribution in [3.05, 3.63) is 27.8 Å². The van der Waals surface area contributed by atoms with Crippen molar-refractivity contribution in [1.29, 1.82) is 0 Å². The summed E-state index contributed by atoms with van der Waals surface area (Å²) in [7, 11) is 1.50. The van der Waals surface area contributed by atoms with E-state index in [1.165, 1.54) is 17.9 Å². The number of rotatable bonds is 5. The fraction of sp³-hybridized carbons (Fsp3) is 0.333. The van der Waals surface area contributed by atoms with Crippen LogP contribution < -0.4 is 11.1 Å². The first-order chi connectivity index (χ1) is 10.7. The molecule has 2 aromatic rings. The zero-order valence-corrected chi connectivity index (χ0v) is 13.8. The van der Waals surface area contributed by atoms with E-state index in [1.807, 2.05) is 0 Å². The summed E-state index contributed by atoms with van der Waals surface area (Å²) in [6.45, 7) is 1.25. The lowest BCUT2D eigenvalue weighted by Crippen LogP contribution is -2.23. The van der Waals surface area contributed by atoms with Crippen molar-refractivity contribution in [2.24, 2.45) is 12.8 Å². The second-order valence-electron chi connectivity index (χ2n) is 4.69. The number of halogens is 3. The molecule has 2 heterocycles. The number of carbonyl (C=O) groups is 2. The summed E-state index contributed by atoms with van der Waals surface area (Å²) in [4.78, 5) is 23.4. The van der Waals surface area contributed by atoms with E-state index in [0.717, 1.165) is 4.68 Å². The number of nitrogens with zero attached hydrogens (tertiary/aromatic N) is 4. The van der Waals surface area contributed by atoms with Crippen LogP contribution in [0.2, 0.25) is 0 Å². The standard InChI is InChI=1S/C12H13BrF2N6O2/c1-5-8(13)9(11(14)15)19-21(5)4-7(22)18-6-3-17-20(2)10(6)12(16)23/h3,11H,4H2,1-2H3,(H2,16,23)(H,18,22). The number of aromatic nitrogens is 4. The number of nitrogens with two attached hydrogens (primary N) is 1. The second-order valence-corrected chi connectivity index (χ2v) is 5.48. The van der Waals surface area contributed by atoms with Gasteiger partial charge in [0.2, 0.25) is 5.91 Å². The van der Waals surface area contributed by atoms with Gasteiger partial charge in [0.25, 0.3) is 12.3 Å². The van der Waals surface area contributed by atoms with Crippen LogP contribution in [0.1, 0.15) is 28.3 Å². The van der Waals surface area contributed by atoms with Gasteiger partial charge in [-0.2, -0.15) is 10.2 Å². The monoisotopic (exact) mass is 390 g/mol. The highest BCUT2D eigenvalue weighted by Crippen LogP contribution is 2.29. The van der Waals surface area contributed by atoms with Crippen LogP contribution in [0.3, 0.4) is 0 Å². The van der Waals surface area contributed by atoms with Crippen molar-refractivity contribution in [1.82, 2.24) is 19.6 Å². The van der Waals surface area contributed by atoms with Gasteiger partial charge in [-0.1, -0.05) is 0 Å². The molecule has 0 unspecified atom stereocenters. The van der Waals surface area contributed by atoms with Crippen molar-refractivity contribution >= 4 is 33.4 Å². The second kappa shape index (κ2) is 6.44. The molecule has 2 aromatic heterocycles. The number of anilines is 1. The van der Waals surface area contributed by atoms with E-state index >= 15 is 0 Å². The third-order valence-electron chi connectivity index (χ3n) is 3.10. The smallest absolute Gasteiger partial charge is 0.283 e. The molecule has 124 valence electrons. The lowest BCUT2D eigenvalue weighted by molar-refractivity contribution is -0.117. The first kappa shape index (κ1) is 17.1. The number of primary amides is 1. The van der Waals surface area contributed by atoms with Crippen molar-refractivity contribution in [2.45, 2.75) is 19.9 Å². The highest BCUT2D eigenvalue weighted by atomic mass is 79.9. The molecule has 0 spiro atoms. The third-order valence-corrected chi connectivity index (χ3v) is 4.08. The Labute approximate surface area is 137 Å². The molecule has 8 nitrogen and oxygen atoms in total. The topological polar surface area (TPSA) is 108 Å². The van der Waals surface area contributed by atoms with Gasteiger partial charge in [0.05, 0.1) is 22.1 Å². The fourth-order valence-corrected chi connectivity index (χ4v) is 2.44. The maximum absolute atomic E-state index is 12.8. The molecule has 0 atom stereocenters. The van der Waals surface area contributed by atoms with Crippen LogP contribution in [0.15, 0.2) is 10.7 Å². The van der Waals surface area contributed by atoms with Gasteiger partial charge in [-0.25, -0.2) is 8.78 Å². The average Bonchev–Trinajstić information content (AvgIpc) is 2.94. The summed E-state index contributed by atoms with van der Waals surface area (Å²) in [5.41, 5.74) is 5.33. The minimum Gasteiger partial charge on any atom is -0.364 e. The van der Waals surface area contributed by atoms with E-state index in [2.05, 4.69) is 31.4 Å². The van der Waals surface area contributed by atoms with Crippen LogP contribution in [0.5, 0.6) is 0 Å². The number of carbonyl (C=O) groups excluding carboxylic acids is 2. The van der Waals surface area contributed by atoms with Gasteiger partial charge in [0.1, 0.15) is 17.9 Å². The molecule has 3 N–H and O–H groups in total. The summed E-state index contributed by atoms with van der Waals surface area (Å²) in [6, 6.07) is 0. The van der Waals surface area contributed by atoms with Crippen LogP contribution in [0.25, 0.3) is 0 Å². The Hall–Kier alpha value is -2.30. The lowest BCUT2D eigenvalue weighted by Gasteiger charge is -2.07. The van der Waals surface area contributed by atoms with Crippen molar-refractivity contribution in [3.8, 4) is 0 Å². The molecule has 0 radical (unpaired) electrons. The minimum absolute atomic E-state index is 0.0324. The molecule has 2 amide bonds. The molecule has 11 heteroatoms. The van der Waals surface area contributed by atoms with Crippen LogP contribution in [0.4, 0.5) is 14.5 Å². The molecule has 0 aliphatic carbocycles. The molecular weight excluding hydrogens is 378 g/mol. The molecule has 0 aliphatic heterocycles. The van der Waals surface area contributed by atoms with Gasteiger partial charge in [-0.05, 0) is 22.9 Å². The Morgan fingerprint density at radius 1 is 1.48 bits per heavy atom. The van der Waals surface area contributed by atoms with Gasteiger partial charge in [0, 0.05) is 7.05 Å². The van der Waals surface area contributed by atoms with Gasteiger partial charge in [-0.15, -0.1) is 0 Å². The van der Waals surface area contributed by atoms with Crippen LogP contribution >= 0.6 is 15.9 Å². The Bertz CT molecular complexity index is 770. The van der Waals surface area contributed by atoms with Gasteiger partial charge in [0.15, 0.2) is 0 Å². The van der Waals surface area contributed by atoms with E-state index < -0.39 is 23.9 Å². The molecular formula is C12H13BrF2N6O2. The molecule has 0 aromatic carbocycles. The Morgan fingerprint density at radius 2 is 2.13 bits per heavy atom. The Balaban J connectivity index is 2.18. The van der Waals surface area contributed by atoms with Gasteiger partial charge < -0.3 is 11.1 Å². The zero-order valence-electron chi connectivity index (χ0n) is 12.2. The number of amides is 2. The van der Waals surface area contributed by atoms with Crippen molar-refractivity contribution < 1.29 is 18.4 Å². The predicted molar refractivity (Wildman–Crippen MR) is 80.0 cm³/mol. The Kier molecular flexibility index (Phi) is 4.78. The molecule has 0 aliphatic rings. The van der Waals surface area contributed by atoms with Gasteiger partial charge >= 0.3 is 0 Å². The maximum Gasteiger partial charge on any atom is 0.283 e. The van der Waals surface area contributed by atoms with E-state index in [4.69, 9.17) is 5.73 Å². The number of hydrogen-bond donors (Lipinski definition) is 2. The third kappa shape index (κ3) is 3.38. The summed E-state index contributed by atoms with van der Waals surface area (Å²) in [6.07, 6.45) is -1.48. The molecule has 23 heavy (non-hydrogen) atoms. The zero-order chi connectivity index (χ0) is 17.3. The van der Waals surface area contributed by atoms with Crippen molar-refractivity contribution in [3.63, 3.8) is 0 Å². The largest absolute Gasteiger partial charge is 0.364 e. The predicted octanol–water partition coefficient (Wildman–Crippen LogP) is 1.36. The number of aryl methyl sites for hydroxylation is 1. The van der Waals surface area contributed by atoms with E-state index in [-0.39, 0.29) is 22.4 Å². The maximum atomic E-state index is 12.8. The summed E-state index contributed by atoms with van der Waals surface area (Å²) in [5, 5.41) is 9.99. The molecule has 0 saturated heterocycles. The number of nitrogens with one attached hydrogen (secondary N) is 1. The van der Waals surface area contributed by atoms with E-state index in [0.29, 0.717) is 5.69 Å². The lowest BCUT2D eigenvalue weighted by atomic mass is 10.3. The average molecular weight is 391 g/mol. The molecule has 0 bridgehead atoms. The summed E-state index contributed by atoms with van der Waals surface area (Å²) in [5.74, 6) is -1.31. The first-order valence-electron chi connectivity index (χ1n) is 6.35. The highest BCUT2D eigenvalue weighted by molar-refractivity contribution is 9.10. The van der Waals surface area contributed by atoms with Crippen LogP contribution in [-0.4, -0.2) is 31.4 Å². The Morgan fingerprint density at radius 3 is 2.65 bits per heavy atom. The molecule has 0 fully saturated rings. The fourth-order valence-electron chi connectivity index (χ4n) is 1.99. The first-order valence-corrected chi connectivity index (χ1v) is 7.14. The van der Waals surface area contributed by atoms with Gasteiger partial charge in [-0.3, -0.25) is 19.0 Å². The quantitative estimate of drug-likeness (QED) is 0.803. The van der Waals surface area contributed by atoms with Crippen LogP contribution in [0, 0.1) is 6.92 Å². The molecule has 2 rings (SSSR count). The normalized spacial score (nSPS) is 11.0. The van der Waals surface area contributed by atoms with E-state index in [9.17, 15) is 18.4 Å². The van der Waals surface area contributed by atoms with Crippen LogP contribution in [-0.2, 0) is 18.4 Å². The van der Waals surface area contributed by atoms with E-state index in [1.54, 1.807) is 6.92 Å². The van der Waals surface area contributed by atoms with Crippen molar-refractivity contribution in [2.75, 3.05) is 5.32 Å².